The molecule has 3 rings (SSSR count). The lowest BCUT2D eigenvalue weighted by molar-refractivity contribution is -0.130. The second-order valence-electron chi connectivity index (χ2n) is 7.16. The molecule has 25 heavy (non-hydrogen) atoms. The summed E-state index contributed by atoms with van der Waals surface area (Å²) in [4.78, 5) is 25.0. The molecule has 1 atom stereocenters. The summed E-state index contributed by atoms with van der Waals surface area (Å²) in [6, 6.07) is 0. The van der Waals surface area contributed by atoms with Crippen molar-refractivity contribution < 1.29 is 17.9 Å². The van der Waals surface area contributed by atoms with Gasteiger partial charge >= 0.3 is 0 Å². The van der Waals surface area contributed by atoms with Gasteiger partial charge in [-0.2, -0.15) is 0 Å². The van der Waals surface area contributed by atoms with E-state index in [9.17, 15) is 13.2 Å². The zero-order chi connectivity index (χ0) is 18.2. The maximum absolute atomic E-state index is 12.4. The smallest absolute Gasteiger partial charge is 0.225 e. The van der Waals surface area contributed by atoms with E-state index in [-0.39, 0.29) is 23.5 Å². The molecule has 0 saturated carbocycles. The molecule has 2 aliphatic rings. The van der Waals surface area contributed by atoms with Crippen molar-refractivity contribution in [1.29, 1.82) is 0 Å². The molecule has 0 aromatic carbocycles. The van der Waals surface area contributed by atoms with E-state index >= 15 is 0 Å². The largest absolute Gasteiger partial charge is 0.376 e. The Labute approximate surface area is 148 Å². The maximum atomic E-state index is 12.4. The number of carbonyl (C=O) groups is 1. The number of fused-ring (bicyclic) bond motifs is 2. The molecule has 1 spiro atoms. The van der Waals surface area contributed by atoms with Crippen LogP contribution in [0.1, 0.15) is 24.1 Å². The van der Waals surface area contributed by atoms with Crippen LogP contribution in [0.25, 0.3) is 0 Å². The number of ether oxygens (including phenoxy) is 1. The first-order chi connectivity index (χ1) is 11.7. The summed E-state index contributed by atoms with van der Waals surface area (Å²) in [7, 11) is 0.640. The summed E-state index contributed by atoms with van der Waals surface area (Å²) in [6.07, 6.45) is 3.73. The molecule has 0 radical (unpaired) electrons. The first kappa shape index (κ1) is 18.1. The molecule has 3 heterocycles. The topological polar surface area (TPSA) is 92.7 Å². The highest BCUT2D eigenvalue weighted by Gasteiger charge is 2.46. The van der Waals surface area contributed by atoms with Crippen LogP contribution >= 0.6 is 0 Å². The predicted octanol–water partition coefficient (Wildman–Crippen LogP) is -0.0224. The van der Waals surface area contributed by atoms with Crippen molar-refractivity contribution >= 4 is 21.7 Å². The molecule has 0 unspecified atom stereocenters. The number of carbonyl (C=O) groups excluding carboxylic acids is 1. The average Bonchev–Trinajstić information content (AvgIpc) is 2.97. The van der Waals surface area contributed by atoms with Crippen LogP contribution in [-0.4, -0.2) is 75.0 Å². The van der Waals surface area contributed by atoms with Crippen molar-refractivity contribution in [2.45, 2.75) is 24.9 Å². The Morgan fingerprint density at radius 3 is 2.88 bits per heavy atom. The van der Waals surface area contributed by atoms with E-state index < -0.39 is 9.84 Å². The van der Waals surface area contributed by atoms with Gasteiger partial charge in [0.05, 0.1) is 30.1 Å². The van der Waals surface area contributed by atoms with E-state index in [0.29, 0.717) is 32.3 Å². The number of likely N-dealkylation sites (tertiary alicyclic amines) is 1. The quantitative estimate of drug-likeness (QED) is 0.737. The Morgan fingerprint density at radius 2 is 2.20 bits per heavy atom. The molecular weight excluding hydrogens is 344 g/mol. The van der Waals surface area contributed by atoms with Gasteiger partial charge in [-0.3, -0.25) is 4.79 Å². The molecule has 1 amide bonds. The van der Waals surface area contributed by atoms with Crippen molar-refractivity contribution in [2.75, 3.05) is 50.7 Å². The van der Waals surface area contributed by atoms with Crippen LogP contribution in [0, 0.1) is 0 Å². The number of aromatic nitrogens is 2. The lowest BCUT2D eigenvalue weighted by Crippen LogP contribution is -2.42. The summed E-state index contributed by atoms with van der Waals surface area (Å²) >= 11 is 0. The monoisotopic (exact) mass is 368 g/mol. The van der Waals surface area contributed by atoms with Crippen LogP contribution in [-0.2, 0) is 31.4 Å². The second-order valence-corrected chi connectivity index (χ2v) is 9.42. The van der Waals surface area contributed by atoms with Crippen LogP contribution in [0.2, 0.25) is 0 Å². The SMILES string of the molecule is CN(C)c1ncc2c(n1)[C@@]1(CCN(C(=O)CCS(C)(=O)=O)C1)COC2. The fourth-order valence-electron chi connectivity index (χ4n) is 3.43. The lowest BCUT2D eigenvalue weighted by atomic mass is 9.80. The molecule has 9 heteroatoms. The van der Waals surface area contributed by atoms with E-state index in [1.165, 1.54) is 0 Å². The molecule has 8 nitrogen and oxygen atoms in total. The number of anilines is 1. The van der Waals surface area contributed by atoms with Gasteiger partial charge in [-0.15, -0.1) is 0 Å². The van der Waals surface area contributed by atoms with E-state index in [2.05, 4.69) is 4.98 Å². The summed E-state index contributed by atoms with van der Waals surface area (Å²) < 4.78 is 28.3. The number of sulfone groups is 1. The number of hydrogen-bond donors (Lipinski definition) is 0. The Bertz CT molecular complexity index is 780. The number of nitrogens with zero attached hydrogens (tertiary/aromatic N) is 4. The van der Waals surface area contributed by atoms with Crippen molar-refractivity contribution in [3.05, 3.63) is 17.5 Å². The highest BCUT2D eigenvalue weighted by Crippen LogP contribution is 2.39. The van der Waals surface area contributed by atoms with Gasteiger partial charge in [0.15, 0.2) is 0 Å². The van der Waals surface area contributed by atoms with Crippen molar-refractivity contribution in [3.8, 4) is 0 Å². The van der Waals surface area contributed by atoms with Gasteiger partial charge in [-0.25, -0.2) is 18.4 Å². The third-order valence-corrected chi connectivity index (χ3v) is 5.73. The van der Waals surface area contributed by atoms with Crippen LogP contribution in [0.5, 0.6) is 0 Å². The number of amides is 1. The predicted molar refractivity (Wildman–Crippen MR) is 93.2 cm³/mol. The molecule has 1 saturated heterocycles. The van der Waals surface area contributed by atoms with E-state index in [4.69, 9.17) is 9.72 Å². The van der Waals surface area contributed by atoms with E-state index in [1.54, 1.807) is 11.1 Å². The molecule has 1 aromatic rings. The van der Waals surface area contributed by atoms with E-state index in [0.717, 1.165) is 23.9 Å². The first-order valence-corrected chi connectivity index (χ1v) is 10.3. The average molecular weight is 368 g/mol. The molecule has 138 valence electrons. The maximum Gasteiger partial charge on any atom is 0.225 e. The minimum atomic E-state index is -3.14. The fourth-order valence-corrected chi connectivity index (χ4v) is 3.98. The van der Waals surface area contributed by atoms with Gasteiger partial charge in [0, 0.05) is 51.6 Å². The van der Waals surface area contributed by atoms with Crippen LogP contribution in [0.3, 0.4) is 0 Å². The minimum absolute atomic E-state index is 0.0232. The standard InChI is InChI=1S/C16H24N4O4S/c1-19(2)15-17-8-12-9-24-11-16(14(12)18-15)5-6-20(10-16)13(21)4-7-25(3,22)23/h8H,4-7,9-11H2,1-3H3/t16-/m1/s1. The van der Waals surface area contributed by atoms with Gasteiger partial charge < -0.3 is 14.5 Å². The van der Waals surface area contributed by atoms with Gasteiger partial charge in [0.25, 0.3) is 0 Å². The molecule has 2 aliphatic heterocycles. The summed E-state index contributed by atoms with van der Waals surface area (Å²) in [5, 5.41) is 0. The zero-order valence-electron chi connectivity index (χ0n) is 14.9. The molecule has 0 N–H and O–H groups in total. The van der Waals surface area contributed by atoms with Crippen molar-refractivity contribution in [1.82, 2.24) is 14.9 Å². The minimum Gasteiger partial charge on any atom is -0.376 e. The van der Waals surface area contributed by atoms with Gasteiger partial charge in [0.2, 0.25) is 11.9 Å². The Balaban J connectivity index is 1.81. The summed E-state index contributed by atoms with van der Waals surface area (Å²) in [6.45, 7) is 2.09. The third kappa shape index (κ3) is 3.77. The second kappa shape index (κ2) is 6.53. The Kier molecular flexibility index (Phi) is 4.72. The van der Waals surface area contributed by atoms with Crippen LogP contribution in [0.4, 0.5) is 5.95 Å². The summed E-state index contributed by atoms with van der Waals surface area (Å²) in [5.74, 6) is 0.397. The van der Waals surface area contributed by atoms with Gasteiger partial charge in [-0.1, -0.05) is 0 Å². The van der Waals surface area contributed by atoms with Gasteiger partial charge in [-0.05, 0) is 6.42 Å². The van der Waals surface area contributed by atoms with Crippen LogP contribution in [0.15, 0.2) is 6.20 Å². The first-order valence-electron chi connectivity index (χ1n) is 8.27. The highest BCUT2D eigenvalue weighted by molar-refractivity contribution is 7.90. The molecule has 1 aromatic heterocycles. The van der Waals surface area contributed by atoms with Crippen molar-refractivity contribution in [2.24, 2.45) is 0 Å². The fraction of sp³-hybridized carbons (Fsp3) is 0.688. The van der Waals surface area contributed by atoms with Gasteiger partial charge in [0.1, 0.15) is 9.84 Å². The van der Waals surface area contributed by atoms with E-state index in [1.807, 2.05) is 19.0 Å². The molecular formula is C16H24N4O4S. The number of rotatable bonds is 4. The van der Waals surface area contributed by atoms with Crippen LogP contribution < -0.4 is 4.90 Å². The number of hydrogen-bond acceptors (Lipinski definition) is 7. The third-order valence-electron chi connectivity index (χ3n) is 4.78. The summed E-state index contributed by atoms with van der Waals surface area (Å²) in [5.41, 5.74) is 1.58. The Hall–Kier alpha value is -1.74. The Morgan fingerprint density at radius 1 is 1.44 bits per heavy atom. The lowest BCUT2D eigenvalue weighted by Gasteiger charge is -2.34. The normalized spacial score (nSPS) is 22.9. The van der Waals surface area contributed by atoms with Crippen molar-refractivity contribution in [3.63, 3.8) is 0 Å². The zero-order valence-corrected chi connectivity index (χ0v) is 15.7. The molecule has 0 bridgehead atoms. The molecule has 0 aliphatic carbocycles. The highest BCUT2D eigenvalue weighted by atomic mass is 32.2. The molecule has 1 fully saturated rings.